The molecule has 2 N–H and O–H groups in total. The van der Waals surface area contributed by atoms with E-state index in [1.54, 1.807) is 30.3 Å². The van der Waals surface area contributed by atoms with Crippen LogP contribution in [0.15, 0.2) is 107 Å². The molecular weight excluding hydrogens is 470 g/mol. The van der Waals surface area contributed by atoms with Crippen LogP contribution in [-0.4, -0.2) is 14.6 Å². The average Bonchev–Trinajstić information content (AvgIpc) is 3.63. The first kappa shape index (κ1) is 15.8. The molecule has 0 aliphatic heterocycles. The first-order valence-electron chi connectivity index (χ1n) is 14.7. The summed E-state index contributed by atoms with van der Waals surface area (Å²) in [5.41, 5.74) is 4.55. The number of fused-ring (bicyclic) bond motifs is 10. The standard InChI is InChI=1S/C34H19NO3/c36-22-7-8-23-26-14-20-13-25-24-9-11-30(37)33-27-12-19(18-4-2-1-3-5-18)6-10-28(27)35(34(24)33)29(25)15-21(20)16-31(26)38-32(23)17-22/h1-17,36-37H/i1D,2D,3D,4D,5D. The highest BCUT2D eigenvalue weighted by atomic mass is 16.3. The lowest BCUT2D eigenvalue weighted by Crippen LogP contribution is -1.83. The maximum absolute atomic E-state index is 11.1. The molecule has 0 saturated carbocycles. The van der Waals surface area contributed by atoms with E-state index < -0.39 is 6.04 Å². The van der Waals surface area contributed by atoms with E-state index in [0.29, 0.717) is 22.1 Å². The highest BCUT2D eigenvalue weighted by Gasteiger charge is 2.21. The molecule has 0 aliphatic carbocycles. The molecule has 4 nitrogen and oxygen atoms in total. The van der Waals surface area contributed by atoms with Crippen LogP contribution in [0.2, 0.25) is 0 Å². The fraction of sp³-hybridized carbons (Fsp3) is 0. The minimum absolute atomic E-state index is 0.102. The topological polar surface area (TPSA) is 58.0 Å². The van der Waals surface area contributed by atoms with Gasteiger partial charge in [-0.1, -0.05) is 36.3 Å². The quantitative estimate of drug-likeness (QED) is 0.239. The van der Waals surface area contributed by atoms with Gasteiger partial charge in [0.15, 0.2) is 0 Å². The fourth-order valence-corrected chi connectivity index (χ4v) is 6.10. The Hall–Kier alpha value is -5.22. The first-order valence-corrected chi connectivity index (χ1v) is 12.2. The number of furan rings is 1. The maximum Gasteiger partial charge on any atom is 0.139 e. The van der Waals surface area contributed by atoms with Gasteiger partial charge in [-0.3, -0.25) is 0 Å². The molecule has 3 aromatic heterocycles. The van der Waals surface area contributed by atoms with E-state index in [9.17, 15) is 10.2 Å². The summed E-state index contributed by atoms with van der Waals surface area (Å²) in [6, 6.07) is 20.8. The van der Waals surface area contributed by atoms with Crippen LogP contribution in [0.1, 0.15) is 6.85 Å². The third kappa shape index (κ3) is 2.44. The number of hydrogen-bond donors (Lipinski definition) is 2. The molecule has 0 spiro atoms. The van der Waals surface area contributed by atoms with Crippen LogP contribution in [0.25, 0.3) is 81.9 Å². The van der Waals surface area contributed by atoms with Crippen molar-refractivity contribution in [3.63, 3.8) is 0 Å². The van der Waals surface area contributed by atoms with Crippen molar-refractivity contribution in [3.8, 4) is 22.6 Å². The molecule has 3 heterocycles. The van der Waals surface area contributed by atoms with E-state index >= 15 is 0 Å². The summed E-state index contributed by atoms with van der Waals surface area (Å²) in [7, 11) is 0. The van der Waals surface area contributed by atoms with Gasteiger partial charge < -0.3 is 19.0 Å². The zero-order chi connectivity index (χ0) is 29.5. The van der Waals surface area contributed by atoms with Crippen molar-refractivity contribution in [3.05, 3.63) is 103 Å². The molecule has 0 fully saturated rings. The van der Waals surface area contributed by atoms with E-state index in [-0.39, 0.29) is 41.2 Å². The lowest BCUT2D eigenvalue weighted by molar-refractivity contribution is 0.475. The molecule has 9 rings (SSSR count). The monoisotopic (exact) mass is 494 g/mol. The second-order valence-electron chi connectivity index (χ2n) is 9.77. The van der Waals surface area contributed by atoms with Crippen molar-refractivity contribution in [2.24, 2.45) is 0 Å². The Kier molecular flexibility index (Phi) is 2.81. The molecule has 0 saturated heterocycles. The van der Waals surface area contributed by atoms with Crippen molar-refractivity contribution in [2.75, 3.05) is 0 Å². The number of rotatable bonds is 1. The van der Waals surface area contributed by atoms with Gasteiger partial charge in [-0.25, -0.2) is 0 Å². The summed E-state index contributed by atoms with van der Waals surface area (Å²) < 4.78 is 49.3. The molecule has 4 heteroatoms. The van der Waals surface area contributed by atoms with E-state index in [2.05, 4.69) is 22.6 Å². The van der Waals surface area contributed by atoms with Gasteiger partial charge >= 0.3 is 0 Å². The number of phenols is 2. The first-order chi connectivity index (χ1) is 20.7. The Bertz CT molecular complexity index is 2680. The second kappa shape index (κ2) is 6.75. The van der Waals surface area contributed by atoms with Crippen LogP contribution >= 0.6 is 0 Å². The van der Waals surface area contributed by atoms with Gasteiger partial charge in [0.25, 0.3) is 0 Å². The van der Waals surface area contributed by atoms with Gasteiger partial charge in [0, 0.05) is 33.0 Å². The average molecular weight is 495 g/mol. The van der Waals surface area contributed by atoms with Crippen LogP contribution < -0.4 is 0 Å². The summed E-state index contributed by atoms with van der Waals surface area (Å²) in [6.45, 7) is 0. The maximum atomic E-state index is 11.1. The zero-order valence-electron chi connectivity index (χ0n) is 24.7. The minimum atomic E-state index is -0.435. The van der Waals surface area contributed by atoms with Gasteiger partial charge in [-0.05, 0) is 82.6 Å². The Morgan fingerprint density at radius 3 is 2.29 bits per heavy atom. The number of nitrogens with zero attached hydrogens (tertiary/aromatic N) is 1. The molecule has 0 radical (unpaired) electrons. The summed E-state index contributed by atoms with van der Waals surface area (Å²) in [4.78, 5) is 0. The summed E-state index contributed by atoms with van der Waals surface area (Å²) in [5, 5.41) is 28.3. The molecule has 0 amide bonds. The van der Waals surface area contributed by atoms with E-state index in [1.165, 1.54) is 0 Å². The van der Waals surface area contributed by atoms with Gasteiger partial charge in [0.1, 0.15) is 22.7 Å². The summed E-state index contributed by atoms with van der Waals surface area (Å²) in [6.07, 6.45) is 0. The van der Waals surface area contributed by atoms with Crippen LogP contribution in [0.3, 0.4) is 0 Å². The fourth-order valence-electron chi connectivity index (χ4n) is 6.10. The highest BCUT2D eigenvalue weighted by molar-refractivity contribution is 6.27. The number of benzene rings is 6. The molecule has 0 aliphatic rings. The lowest BCUT2D eigenvalue weighted by atomic mass is 10.0. The molecule has 0 atom stereocenters. The predicted molar refractivity (Wildman–Crippen MR) is 155 cm³/mol. The number of aromatic hydroxyl groups is 2. The molecule has 9 aromatic rings. The smallest absolute Gasteiger partial charge is 0.139 e. The van der Waals surface area contributed by atoms with Crippen LogP contribution in [0.5, 0.6) is 11.5 Å². The third-order valence-corrected chi connectivity index (χ3v) is 7.73. The summed E-state index contributed by atoms with van der Waals surface area (Å²) in [5.74, 6) is 0.249. The molecule has 6 aromatic carbocycles. The summed E-state index contributed by atoms with van der Waals surface area (Å²) >= 11 is 0. The predicted octanol–water partition coefficient (Wildman–Crippen LogP) is 8.97. The van der Waals surface area contributed by atoms with Crippen molar-refractivity contribution in [2.45, 2.75) is 0 Å². The van der Waals surface area contributed by atoms with Gasteiger partial charge in [-0.2, -0.15) is 0 Å². The van der Waals surface area contributed by atoms with E-state index in [1.807, 2.05) is 24.3 Å². The van der Waals surface area contributed by atoms with E-state index in [0.717, 1.165) is 54.3 Å². The second-order valence-corrected chi connectivity index (χ2v) is 9.77. The highest BCUT2D eigenvalue weighted by Crippen LogP contribution is 2.45. The largest absolute Gasteiger partial charge is 0.508 e. The SMILES string of the molecule is [2H]c1c([2H])c([2H])c(-c2ccc3c(c2)c2c(O)ccc4c5cc6cc7c(cc6cc5n3c42)oc2cc(O)ccc27)c([2H])c1[2H]. The molecule has 0 bridgehead atoms. The molecule has 0 unspecified atom stereocenters. The van der Waals surface area contributed by atoms with Gasteiger partial charge in [0.2, 0.25) is 0 Å². The Morgan fingerprint density at radius 2 is 1.39 bits per heavy atom. The van der Waals surface area contributed by atoms with Crippen LogP contribution in [0, 0.1) is 0 Å². The van der Waals surface area contributed by atoms with Gasteiger partial charge in [0.05, 0.1) is 28.8 Å². The zero-order valence-corrected chi connectivity index (χ0v) is 19.7. The van der Waals surface area contributed by atoms with Crippen LogP contribution in [0.4, 0.5) is 0 Å². The normalized spacial score (nSPS) is 14.3. The Balaban J connectivity index is 1.37. The Labute approximate surface area is 222 Å². The van der Waals surface area contributed by atoms with Crippen LogP contribution in [-0.2, 0) is 0 Å². The Morgan fingerprint density at radius 1 is 0.605 bits per heavy atom. The molecule has 38 heavy (non-hydrogen) atoms. The molecular formula is C34H19NO3. The minimum Gasteiger partial charge on any atom is -0.508 e. The number of aromatic nitrogens is 1. The molecule has 178 valence electrons. The third-order valence-electron chi connectivity index (χ3n) is 7.73. The lowest BCUT2D eigenvalue weighted by Gasteiger charge is -2.05. The van der Waals surface area contributed by atoms with Gasteiger partial charge in [-0.15, -0.1) is 0 Å². The number of phenolic OH excluding ortho intramolecular Hbond substituents is 2. The van der Waals surface area contributed by atoms with E-state index in [4.69, 9.17) is 11.3 Å². The number of hydrogen-bond acceptors (Lipinski definition) is 3. The van der Waals surface area contributed by atoms with Crippen molar-refractivity contribution >= 4 is 70.8 Å². The van der Waals surface area contributed by atoms with Crippen molar-refractivity contribution < 1.29 is 21.5 Å². The van der Waals surface area contributed by atoms with Crippen molar-refractivity contribution in [1.82, 2.24) is 4.40 Å². The van der Waals surface area contributed by atoms with Crippen molar-refractivity contribution in [1.29, 1.82) is 0 Å².